The zero-order chi connectivity index (χ0) is 13.2. The molecule has 19 heavy (non-hydrogen) atoms. The Kier molecular flexibility index (Phi) is 3.29. The van der Waals surface area contributed by atoms with Gasteiger partial charge in [0.05, 0.1) is 5.01 Å². The number of hydrogen-bond acceptors (Lipinski definition) is 5. The molecule has 0 amide bonds. The first kappa shape index (κ1) is 12.3. The zero-order valence-electron chi connectivity index (χ0n) is 10.8. The van der Waals surface area contributed by atoms with Crippen LogP contribution in [-0.2, 0) is 6.42 Å². The van der Waals surface area contributed by atoms with Crippen LogP contribution in [0.3, 0.4) is 0 Å². The van der Waals surface area contributed by atoms with Gasteiger partial charge in [0, 0.05) is 5.56 Å². The molecule has 1 aliphatic heterocycles. The quantitative estimate of drug-likeness (QED) is 0.935. The molecule has 0 saturated carbocycles. The number of aromatic nitrogens is 1. The maximum Gasteiger partial charge on any atom is 0.162 e. The van der Waals surface area contributed by atoms with E-state index >= 15 is 0 Å². The Morgan fingerprint density at radius 3 is 2.84 bits per heavy atom. The van der Waals surface area contributed by atoms with E-state index in [2.05, 4.69) is 11.9 Å². The van der Waals surface area contributed by atoms with Gasteiger partial charge < -0.3 is 15.2 Å². The standard InChI is InChI=1S/C14H16N2O2S/c1-2-3-12-16-13(14(15)19-12)9-4-5-10-11(8-9)18-7-6-17-10/h4-5,8H,2-3,6-7,15H2,1H3. The fourth-order valence-electron chi connectivity index (χ4n) is 2.10. The van der Waals surface area contributed by atoms with Crippen molar-refractivity contribution < 1.29 is 9.47 Å². The molecule has 0 saturated heterocycles. The predicted octanol–water partition coefficient (Wildman–Crippen LogP) is 3.12. The molecule has 0 spiro atoms. The fraction of sp³-hybridized carbons (Fsp3) is 0.357. The van der Waals surface area contributed by atoms with Crippen molar-refractivity contribution in [2.45, 2.75) is 19.8 Å². The van der Waals surface area contributed by atoms with E-state index in [-0.39, 0.29) is 0 Å². The lowest BCUT2D eigenvalue weighted by molar-refractivity contribution is 0.171. The van der Waals surface area contributed by atoms with E-state index in [9.17, 15) is 0 Å². The first-order valence-corrected chi connectivity index (χ1v) is 7.24. The van der Waals surface area contributed by atoms with Crippen molar-refractivity contribution >= 4 is 16.3 Å². The van der Waals surface area contributed by atoms with Gasteiger partial charge in [-0.05, 0) is 31.0 Å². The molecule has 100 valence electrons. The van der Waals surface area contributed by atoms with Gasteiger partial charge in [0.2, 0.25) is 0 Å². The summed E-state index contributed by atoms with van der Waals surface area (Å²) >= 11 is 1.57. The first-order chi connectivity index (χ1) is 9.28. The first-order valence-electron chi connectivity index (χ1n) is 6.43. The molecule has 0 unspecified atom stereocenters. The van der Waals surface area contributed by atoms with Crippen LogP contribution in [0.15, 0.2) is 18.2 Å². The third-order valence-electron chi connectivity index (χ3n) is 2.98. The topological polar surface area (TPSA) is 57.4 Å². The van der Waals surface area contributed by atoms with Gasteiger partial charge in [-0.25, -0.2) is 4.98 Å². The van der Waals surface area contributed by atoms with Crippen LogP contribution in [0.4, 0.5) is 5.00 Å². The molecule has 2 heterocycles. The van der Waals surface area contributed by atoms with Crippen LogP contribution < -0.4 is 15.2 Å². The molecule has 4 nitrogen and oxygen atoms in total. The number of ether oxygens (including phenoxy) is 2. The molecule has 1 aromatic heterocycles. The fourth-order valence-corrected chi connectivity index (χ4v) is 3.05. The minimum Gasteiger partial charge on any atom is -0.486 e. The molecule has 3 rings (SSSR count). The van der Waals surface area contributed by atoms with E-state index in [1.165, 1.54) is 0 Å². The summed E-state index contributed by atoms with van der Waals surface area (Å²) in [6, 6.07) is 5.85. The second-order valence-electron chi connectivity index (χ2n) is 4.43. The van der Waals surface area contributed by atoms with Gasteiger partial charge in [-0.2, -0.15) is 0 Å². The molecule has 2 aromatic rings. The van der Waals surface area contributed by atoms with Crippen molar-refractivity contribution in [2.24, 2.45) is 0 Å². The third-order valence-corrected chi connectivity index (χ3v) is 3.92. The number of nitrogens with two attached hydrogens (primary N) is 1. The number of thiazole rings is 1. The molecule has 0 radical (unpaired) electrons. The summed E-state index contributed by atoms with van der Waals surface area (Å²) in [5.41, 5.74) is 7.90. The monoisotopic (exact) mass is 276 g/mol. The SMILES string of the molecule is CCCc1nc(-c2ccc3c(c2)OCCO3)c(N)s1. The lowest BCUT2D eigenvalue weighted by Crippen LogP contribution is -2.15. The predicted molar refractivity (Wildman–Crippen MR) is 76.9 cm³/mol. The van der Waals surface area contributed by atoms with Gasteiger partial charge >= 0.3 is 0 Å². The highest BCUT2D eigenvalue weighted by atomic mass is 32.1. The minimum absolute atomic E-state index is 0.587. The summed E-state index contributed by atoms with van der Waals surface area (Å²) in [5.74, 6) is 1.56. The van der Waals surface area contributed by atoms with Gasteiger partial charge in [-0.1, -0.05) is 6.92 Å². The number of fused-ring (bicyclic) bond motifs is 1. The summed E-state index contributed by atoms with van der Waals surface area (Å²) in [7, 11) is 0. The Hall–Kier alpha value is -1.75. The third kappa shape index (κ3) is 2.38. The second kappa shape index (κ2) is 5.09. The van der Waals surface area contributed by atoms with Crippen LogP contribution in [0.5, 0.6) is 11.5 Å². The van der Waals surface area contributed by atoms with E-state index in [0.717, 1.165) is 45.6 Å². The number of nitrogen functional groups attached to an aromatic ring is 1. The number of benzene rings is 1. The highest BCUT2D eigenvalue weighted by molar-refractivity contribution is 7.16. The summed E-state index contributed by atoms with van der Waals surface area (Å²) in [5, 5.41) is 1.85. The Morgan fingerprint density at radius 1 is 1.26 bits per heavy atom. The van der Waals surface area contributed by atoms with Gasteiger partial charge in [0.25, 0.3) is 0 Å². The van der Waals surface area contributed by atoms with Gasteiger partial charge in [0.15, 0.2) is 11.5 Å². The average Bonchev–Trinajstić information content (AvgIpc) is 2.79. The van der Waals surface area contributed by atoms with Crippen molar-refractivity contribution in [2.75, 3.05) is 18.9 Å². The smallest absolute Gasteiger partial charge is 0.162 e. The average molecular weight is 276 g/mol. The number of nitrogens with zero attached hydrogens (tertiary/aromatic N) is 1. The molecule has 0 fully saturated rings. The van der Waals surface area contributed by atoms with E-state index in [0.29, 0.717) is 13.2 Å². The summed E-state index contributed by atoms with van der Waals surface area (Å²) < 4.78 is 11.1. The van der Waals surface area contributed by atoms with Crippen molar-refractivity contribution in [3.8, 4) is 22.8 Å². The summed E-state index contributed by atoms with van der Waals surface area (Å²) in [4.78, 5) is 4.62. The van der Waals surface area contributed by atoms with Crippen LogP contribution in [0.2, 0.25) is 0 Å². The Balaban J connectivity index is 1.97. The lowest BCUT2D eigenvalue weighted by atomic mass is 10.1. The highest BCUT2D eigenvalue weighted by Crippen LogP contribution is 2.37. The van der Waals surface area contributed by atoms with E-state index in [1.807, 2.05) is 18.2 Å². The van der Waals surface area contributed by atoms with Crippen LogP contribution in [0.25, 0.3) is 11.3 Å². The van der Waals surface area contributed by atoms with Crippen LogP contribution in [0, 0.1) is 0 Å². The van der Waals surface area contributed by atoms with Crippen molar-refractivity contribution in [1.82, 2.24) is 4.98 Å². The molecule has 0 atom stereocenters. The molecular weight excluding hydrogens is 260 g/mol. The minimum atomic E-state index is 0.587. The highest BCUT2D eigenvalue weighted by Gasteiger charge is 2.15. The van der Waals surface area contributed by atoms with E-state index in [1.54, 1.807) is 11.3 Å². The van der Waals surface area contributed by atoms with Crippen LogP contribution >= 0.6 is 11.3 Å². The summed E-state index contributed by atoms with van der Waals surface area (Å²) in [6.07, 6.45) is 2.05. The maximum atomic E-state index is 6.06. The van der Waals surface area contributed by atoms with Crippen molar-refractivity contribution in [1.29, 1.82) is 0 Å². The number of hydrogen-bond donors (Lipinski definition) is 1. The van der Waals surface area contributed by atoms with Gasteiger partial charge in [-0.3, -0.25) is 0 Å². The van der Waals surface area contributed by atoms with Gasteiger partial charge in [0.1, 0.15) is 23.9 Å². The number of aryl methyl sites for hydroxylation is 1. The molecule has 0 bridgehead atoms. The van der Waals surface area contributed by atoms with Crippen LogP contribution in [0.1, 0.15) is 18.4 Å². The Bertz CT molecular complexity index is 595. The van der Waals surface area contributed by atoms with Crippen molar-refractivity contribution in [3.63, 3.8) is 0 Å². The lowest BCUT2D eigenvalue weighted by Gasteiger charge is -2.18. The zero-order valence-corrected chi connectivity index (χ0v) is 11.6. The Morgan fingerprint density at radius 2 is 2.05 bits per heavy atom. The van der Waals surface area contributed by atoms with Crippen LogP contribution in [-0.4, -0.2) is 18.2 Å². The maximum absolute atomic E-state index is 6.06. The van der Waals surface area contributed by atoms with E-state index in [4.69, 9.17) is 15.2 Å². The van der Waals surface area contributed by atoms with Gasteiger partial charge in [-0.15, -0.1) is 11.3 Å². The number of anilines is 1. The number of rotatable bonds is 3. The molecule has 1 aliphatic rings. The van der Waals surface area contributed by atoms with Crippen molar-refractivity contribution in [3.05, 3.63) is 23.2 Å². The summed E-state index contributed by atoms with van der Waals surface area (Å²) in [6.45, 7) is 3.33. The Labute approximate surface area is 116 Å². The molecular formula is C14H16N2O2S. The molecule has 2 N–H and O–H groups in total. The van der Waals surface area contributed by atoms with E-state index < -0.39 is 0 Å². The molecule has 5 heteroatoms. The normalized spacial score (nSPS) is 13.5. The molecule has 1 aromatic carbocycles. The second-order valence-corrected chi connectivity index (χ2v) is 5.54. The largest absolute Gasteiger partial charge is 0.486 e. The molecule has 0 aliphatic carbocycles.